The van der Waals surface area contributed by atoms with Crippen LogP contribution in [0.5, 0.6) is 0 Å². The summed E-state index contributed by atoms with van der Waals surface area (Å²) in [6, 6.07) is 0. The predicted octanol–water partition coefficient (Wildman–Crippen LogP) is 19.2. The molecule has 0 saturated heterocycles. The fourth-order valence-corrected chi connectivity index (χ4v) is 8.24. The van der Waals surface area contributed by atoms with Crippen LogP contribution in [0.4, 0.5) is 0 Å². The van der Waals surface area contributed by atoms with Crippen molar-refractivity contribution in [2.75, 3.05) is 13.2 Å². The monoisotopic (exact) mass is 937 g/mol. The predicted molar refractivity (Wildman–Crippen MR) is 288 cm³/mol. The molecule has 0 aromatic heterocycles. The summed E-state index contributed by atoms with van der Waals surface area (Å²) in [5.41, 5.74) is 0. The number of unbranched alkanes of at least 4 members (excludes halogenated alkanes) is 31. The van der Waals surface area contributed by atoms with Crippen molar-refractivity contribution in [3.63, 3.8) is 0 Å². The number of hydrogen-bond acceptors (Lipinski definition) is 6. The second kappa shape index (κ2) is 55.7. The van der Waals surface area contributed by atoms with Crippen LogP contribution in [-0.4, -0.2) is 37.2 Å². The Kier molecular flexibility index (Phi) is 53.3. The Morgan fingerprint density at radius 1 is 0.313 bits per heavy atom. The highest BCUT2D eigenvalue weighted by Gasteiger charge is 2.19. The molecule has 0 aromatic rings. The number of hydrogen-bond donors (Lipinski definition) is 0. The van der Waals surface area contributed by atoms with Crippen LogP contribution >= 0.6 is 0 Å². The number of rotatable bonds is 52. The summed E-state index contributed by atoms with van der Waals surface area (Å²) >= 11 is 0. The molecule has 0 amide bonds. The van der Waals surface area contributed by atoms with Crippen molar-refractivity contribution in [1.29, 1.82) is 0 Å². The van der Waals surface area contributed by atoms with Gasteiger partial charge in [-0.1, -0.05) is 268 Å². The van der Waals surface area contributed by atoms with Crippen LogP contribution in [0.15, 0.2) is 60.8 Å². The molecule has 6 nitrogen and oxygen atoms in total. The molecule has 0 aromatic carbocycles. The number of ether oxygens (including phenoxy) is 3. The van der Waals surface area contributed by atoms with Crippen molar-refractivity contribution in [2.45, 2.75) is 297 Å². The topological polar surface area (TPSA) is 78.9 Å². The zero-order chi connectivity index (χ0) is 48.6. The average molecular weight is 938 g/mol. The van der Waals surface area contributed by atoms with E-state index in [-0.39, 0.29) is 31.1 Å². The minimum atomic E-state index is -0.788. The van der Waals surface area contributed by atoms with E-state index in [4.69, 9.17) is 14.2 Å². The molecule has 0 spiro atoms. The van der Waals surface area contributed by atoms with Gasteiger partial charge in [0.25, 0.3) is 0 Å². The van der Waals surface area contributed by atoms with E-state index in [1.165, 1.54) is 154 Å². The quantitative estimate of drug-likeness (QED) is 0.0262. The normalized spacial score (nSPS) is 12.5. The number of carbonyl (C=O) groups is 3. The molecular formula is C61H108O6. The van der Waals surface area contributed by atoms with Gasteiger partial charge >= 0.3 is 17.9 Å². The number of carbonyl (C=O) groups excluding carboxylic acids is 3. The minimum absolute atomic E-state index is 0.0840. The van der Waals surface area contributed by atoms with E-state index >= 15 is 0 Å². The molecule has 388 valence electrons. The lowest BCUT2D eigenvalue weighted by Gasteiger charge is -2.18. The molecule has 0 heterocycles. The van der Waals surface area contributed by atoms with Gasteiger partial charge < -0.3 is 14.2 Å². The summed E-state index contributed by atoms with van der Waals surface area (Å²) in [4.78, 5) is 38.1. The molecule has 0 aliphatic heterocycles. The van der Waals surface area contributed by atoms with Crippen molar-refractivity contribution in [3.05, 3.63) is 60.8 Å². The lowest BCUT2D eigenvalue weighted by atomic mass is 10.0. The first-order valence-electron chi connectivity index (χ1n) is 28.8. The molecule has 0 saturated carbocycles. The van der Waals surface area contributed by atoms with Gasteiger partial charge in [0.2, 0.25) is 0 Å². The Labute approximate surface area is 415 Å². The summed E-state index contributed by atoms with van der Waals surface area (Å²) in [5.74, 6) is -0.905. The van der Waals surface area contributed by atoms with Gasteiger partial charge in [0, 0.05) is 19.3 Å². The fourth-order valence-electron chi connectivity index (χ4n) is 8.24. The van der Waals surface area contributed by atoms with Crippen LogP contribution in [0.1, 0.15) is 290 Å². The largest absolute Gasteiger partial charge is 0.462 e. The van der Waals surface area contributed by atoms with Gasteiger partial charge in [-0.15, -0.1) is 0 Å². The maximum absolute atomic E-state index is 12.8. The Morgan fingerprint density at radius 3 is 0.910 bits per heavy atom. The first-order chi connectivity index (χ1) is 33.0. The first kappa shape index (κ1) is 64.1. The molecule has 0 N–H and O–H groups in total. The van der Waals surface area contributed by atoms with E-state index in [9.17, 15) is 14.4 Å². The zero-order valence-corrected chi connectivity index (χ0v) is 44.4. The van der Waals surface area contributed by atoms with E-state index in [0.717, 1.165) is 96.3 Å². The zero-order valence-electron chi connectivity index (χ0n) is 44.4. The van der Waals surface area contributed by atoms with Gasteiger partial charge in [-0.25, -0.2) is 0 Å². The summed E-state index contributed by atoms with van der Waals surface area (Å²) in [7, 11) is 0. The molecule has 6 heteroatoms. The van der Waals surface area contributed by atoms with Gasteiger partial charge in [0.05, 0.1) is 0 Å². The van der Waals surface area contributed by atoms with Gasteiger partial charge in [-0.3, -0.25) is 14.4 Å². The third-order valence-corrected chi connectivity index (χ3v) is 12.5. The number of esters is 3. The Morgan fingerprint density at radius 2 is 0.582 bits per heavy atom. The molecule has 0 aliphatic rings. The van der Waals surface area contributed by atoms with Crippen molar-refractivity contribution in [1.82, 2.24) is 0 Å². The highest BCUT2D eigenvalue weighted by atomic mass is 16.6. The molecule has 1 atom stereocenters. The molecule has 0 aliphatic carbocycles. The van der Waals surface area contributed by atoms with Gasteiger partial charge in [-0.05, 0) is 64.2 Å². The fraction of sp³-hybridized carbons (Fsp3) is 0.787. The average Bonchev–Trinajstić information content (AvgIpc) is 3.33. The standard InChI is InChI=1S/C61H108O6/c1-4-7-10-13-16-19-22-24-26-28-30-32-33-35-37-39-42-45-48-51-54-60(63)66-57-58(56-65-59(62)53-50-47-44-41-21-18-15-12-9-6-3)67-61(64)55-52-49-46-43-40-38-36-34-31-29-27-25-23-20-17-14-11-8-5-2/h8,11,17,20,25,27,31,34,38,40,58H,4-7,9-10,12-16,18-19,21-24,26,28-30,32-33,35-37,39,41-57H2,1-3H3/b11-8-,20-17-,27-25-,34-31-,40-38-. The van der Waals surface area contributed by atoms with Gasteiger partial charge in [0.1, 0.15) is 13.2 Å². The summed E-state index contributed by atoms with van der Waals surface area (Å²) in [5, 5.41) is 0. The van der Waals surface area contributed by atoms with E-state index in [1.807, 2.05) is 0 Å². The highest BCUT2D eigenvalue weighted by Crippen LogP contribution is 2.16. The van der Waals surface area contributed by atoms with E-state index in [1.54, 1.807) is 0 Å². The van der Waals surface area contributed by atoms with Crippen LogP contribution in [0, 0.1) is 0 Å². The van der Waals surface area contributed by atoms with E-state index < -0.39 is 6.10 Å². The van der Waals surface area contributed by atoms with Crippen LogP contribution in [-0.2, 0) is 28.6 Å². The second-order valence-corrected chi connectivity index (χ2v) is 19.2. The third-order valence-electron chi connectivity index (χ3n) is 12.5. The molecule has 0 radical (unpaired) electrons. The summed E-state index contributed by atoms with van der Waals surface area (Å²) in [6.07, 6.45) is 69.3. The lowest BCUT2D eigenvalue weighted by molar-refractivity contribution is -0.167. The van der Waals surface area contributed by atoms with Gasteiger partial charge in [-0.2, -0.15) is 0 Å². The van der Waals surface area contributed by atoms with Crippen molar-refractivity contribution >= 4 is 17.9 Å². The summed E-state index contributed by atoms with van der Waals surface area (Å²) in [6.45, 7) is 6.52. The van der Waals surface area contributed by atoms with Crippen molar-refractivity contribution in [3.8, 4) is 0 Å². The second-order valence-electron chi connectivity index (χ2n) is 19.2. The van der Waals surface area contributed by atoms with Crippen LogP contribution in [0.2, 0.25) is 0 Å². The third kappa shape index (κ3) is 53.9. The molecule has 67 heavy (non-hydrogen) atoms. The SMILES string of the molecule is CC/C=C\C/C=C\C/C=C\C/C=C\C/C=C\CCCCCC(=O)OC(COC(=O)CCCCCCCCCCCC)COC(=O)CCCCCCCCCCCCCCCCCCCCCC. The molecular weight excluding hydrogens is 829 g/mol. The Bertz CT molecular complexity index is 1210. The molecule has 0 rings (SSSR count). The van der Waals surface area contributed by atoms with E-state index in [0.29, 0.717) is 19.3 Å². The number of allylic oxidation sites excluding steroid dienone is 10. The van der Waals surface area contributed by atoms with Crippen molar-refractivity contribution in [2.24, 2.45) is 0 Å². The van der Waals surface area contributed by atoms with Crippen LogP contribution in [0.3, 0.4) is 0 Å². The highest BCUT2D eigenvalue weighted by molar-refractivity contribution is 5.71. The Hall–Kier alpha value is -2.89. The van der Waals surface area contributed by atoms with Crippen LogP contribution < -0.4 is 0 Å². The smallest absolute Gasteiger partial charge is 0.306 e. The lowest BCUT2D eigenvalue weighted by Crippen LogP contribution is -2.30. The maximum Gasteiger partial charge on any atom is 0.306 e. The molecule has 1 unspecified atom stereocenters. The minimum Gasteiger partial charge on any atom is -0.462 e. The molecule has 0 fully saturated rings. The van der Waals surface area contributed by atoms with Crippen molar-refractivity contribution < 1.29 is 28.6 Å². The first-order valence-corrected chi connectivity index (χ1v) is 28.8. The molecule has 0 bridgehead atoms. The van der Waals surface area contributed by atoms with Gasteiger partial charge in [0.15, 0.2) is 6.10 Å². The van der Waals surface area contributed by atoms with Crippen LogP contribution in [0.25, 0.3) is 0 Å². The van der Waals surface area contributed by atoms with E-state index in [2.05, 4.69) is 81.5 Å². The maximum atomic E-state index is 12.8. The summed E-state index contributed by atoms with van der Waals surface area (Å²) < 4.78 is 16.8. The Balaban J connectivity index is 4.33.